The van der Waals surface area contributed by atoms with E-state index >= 15 is 0 Å². The molecule has 0 atom stereocenters. The summed E-state index contributed by atoms with van der Waals surface area (Å²) in [5.74, 6) is 1.80. The van der Waals surface area contributed by atoms with Crippen molar-refractivity contribution in [2.24, 2.45) is 0 Å². The van der Waals surface area contributed by atoms with Crippen LogP contribution in [0, 0.1) is 0 Å². The summed E-state index contributed by atoms with van der Waals surface area (Å²) in [5, 5.41) is 0. The van der Waals surface area contributed by atoms with E-state index in [2.05, 4.69) is 247 Å². The van der Waals surface area contributed by atoms with Crippen molar-refractivity contribution in [3.05, 3.63) is 244 Å². The molecule has 0 saturated heterocycles. The fourth-order valence-electron chi connectivity index (χ4n) is 12.6. The molecule has 0 radical (unpaired) electrons. The number of para-hydroxylation sites is 1. The number of fused-ring (bicyclic) bond motifs is 15. The number of anilines is 3. The molecule has 1 spiro atoms. The molecule has 0 bridgehead atoms. The highest BCUT2D eigenvalue weighted by molar-refractivity contribution is 5.97. The molecule has 2 heteroatoms. The SMILES string of the molecule is CC(C)(C)c1cc(-c2ccc3c(c2)C2(c4ccccc4O3)c3ccccc3-c3ccccc32)cc(N(c2ccc3c(c2)C(C)(C)c2ccccc2-3)c2cccc3c2-c2ccccc2C3(C)C)c1. The zero-order chi connectivity index (χ0) is 45.6. The van der Waals surface area contributed by atoms with Gasteiger partial charge in [0, 0.05) is 38.9 Å². The monoisotopic (exact) mass is 863 g/mol. The molecule has 0 unspecified atom stereocenters. The number of hydrogen-bond acceptors (Lipinski definition) is 2. The fourth-order valence-corrected chi connectivity index (χ4v) is 12.6. The second-order valence-corrected chi connectivity index (χ2v) is 21.3. The number of nitrogens with zero attached hydrogens (tertiary/aromatic N) is 1. The summed E-state index contributed by atoms with van der Waals surface area (Å²) in [6.45, 7) is 16.6. The van der Waals surface area contributed by atoms with Gasteiger partial charge in [-0.2, -0.15) is 0 Å². The van der Waals surface area contributed by atoms with Gasteiger partial charge < -0.3 is 9.64 Å². The van der Waals surface area contributed by atoms with Crippen molar-refractivity contribution in [3.8, 4) is 56.0 Å². The molecule has 0 fully saturated rings. The molecule has 0 amide bonds. The van der Waals surface area contributed by atoms with Crippen molar-refractivity contribution in [1.82, 2.24) is 0 Å². The Morgan fingerprint density at radius 2 is 0.910 bits per heavy atom. The molecule has 2 nitrogen and oxygen atoms in total. The number of benzene rings is 9. The molecule has 0 N–H and O–H groups in total. The predicted molar refractivity (Wildman–Crippen MR) is 278 cm³/mol. The Morgan fingerprint density at radius 1 is 0.373 bits per heavy atom. The van der Waals surface area contributed by atoms with E-state index in [4.69, 9.17) is 4.74 Å². The lowest BCUT2D eigenvalue weighted by atomic mass is 9.65. The van der Waals surface area contributed by atoms with Crippen LogP contribution in [0.2, 0.25) is 0 Å². The third kappa shape index (κ3) is 5.45. The molecule has 13 rings (SSSR count). The van der Waals surface area contributed by atoms with Gasteiger partial charge in [-0.15, -0.1) is 0 Å². The van der Waals surface area contributed by atoms with Crippen molar-refractivity contribution in [1.29, 1.82) is 0 Å². The summed E-state index contributed by atoms with van der Waals surface area (Å²) in [5.41, 5.74) is 24.3. The Labute approximate surface area is 395 Å². The van der Waals surface area contributed by atoms with Gasteiger partial charge >= 0.3 is 0 Å². The van der Waals surface area contributed by atoms with E-state index < -0.39 is 5.41 Å². The first-order chi connectivity index (χ1) is 32.4. The summed E-state index contributed by atoms with van der Waals surface area (Å²) >= 11 is 0. The summed E-state index contributed by atoms with van der Waals surface area (Å²) in [6.07, 6.45) is 0. The van der Waals surface area contributed by atoms with Crippen LogP contribution in [0.5, 0.6) is 11.5 Å². The Kier molecular flexibility index (Phi) is 8.23. The van der Waals surface area contributed by atoms with E-state index in [9.17, 15) is 0 Å². The molecule has 9 aromatic carbocycles. The minimum Gasteiger partial charge on any atom is -0.457 e. The second kappa shape index (κ2) is 13.8. The van der Waals surface area contributed by atoms with Crippen LogP contribution >= 0.6 is 0 Å². The molecule has 0 saturated carbocycles. The smallest absolute Gasteiger partial charge is 0.132 e. The van der Waals surface area contributed by atoms with Gasteiger partial charge in [-0.3, -0.25) is 0 Å². The van der Waals surface area contributed by atoms with Crippen molar-refractivity contribution in [3.63, 3.8) is 0 Å². The quantitative estimate of drug-likeness (QED) is 0.175. The first-order valence-corrected chi connectivity index (χ1v) is 23.9. The fraction of sp³-hybridized carbons (Fsp3) is 0.169. The zero-order valence-electron chi connectivity index (χ0n) is 39.3. The van der Waals surface area contributed by atoms with E-state index in [0.717, 1.165) is 28.4 Å². The van der Waals surface area contributed by atoms with Crippen LogP contribution in [0.4, 0.5) is 17.1 Å². The molecular weight excluding hydrogens is 811 g/mol. The minimum absolute atomic E-state index is 0.147. The summed E-state index contributed by atoms with van der Waals surface area (Å²) in [4.78, 5) is 2.57. The maximum atomic E-state index is 6.90. The van der Waals surface area contributed by atoms with Crippen molar-refractivity contribution < 1.29 is 4.74 Å². The van der Waals surface area contributed by atoms with Crippen LogP contribution in [0.15, 0.2) is 194 Å². The predicted octanol–water partition coefficient (Wildman–Crippen LogP) is 17.2. The molecule has 67 heavy (non-hydrogen) atoms. The highest BCUT2D eigenvalue weighted by Gasteiger charge is 2.51. The molecule has 324 valence electrons. The van der Waals surface area contributed by atoms with Crippen molar-refractivity contribution in [2.75, 3.05) is 4.90 Å². The molecular formula is C65H53NO. The molecule has 4 aliphatic rings. The summed E-state index contributed by atoms with van der Waals surface area (Å²) < 4.78 is 6.90. The van der Waals surface area contributed by atoms with Gasteiger partial charge in [-0.25, -0.2) is 0 Å². The minimum atomic E-state index is -0.552. The van der Waals surface area contributed by atoms with Gasteiger partial charge in [-0.05, 0) is 132 Å². The lowest BCUT2D eigenvalue weighted by Gasteiger charge is -2.39. The zero-order valence-corrected chi connectivity index (χ0v) is 39.3. The molecule has 9 aromatic rings. The summed E-state index contributed by atoms with van der Waals surface area (Å²) in [7, 11) is 0. The topological polar surface area (TPSA) is 12.5 Å². The van der Waals surface area contributed by atoms with Crippen LogP contribution in [0.3, 0.4) is 0 Å². The Balaban J connectivity index is 1.07. The van der Waals surface area contributed by atoms with Crippen LogP contribution in [-0.4, -0.2) is 0 Å². The Hall–Kier alpha value is -7.42. The number of hydrogen-bond donors (Lipinski definition) is 0. The third-order valence-electron chi connectivity index (χ3n) is 15.9. The molecule has 3 aliphatic carbocycles. The maximum Gasteiger partial charge on any atom is 0.132 e. The van der Waals surface area contributed by atoms with Crippen molar-refractivity contribution in [2.45, 2.75) is 70.1 Å². The Morgan fingerprint density at radius 3 is 1.60 bits per heavy atom. The van der Waals surface area contributed by atoms with Gasteiger partial charge in [-0.1, -0.05) is 194 Å². The first-order valence-electron chi connectivity index (χ1n) is 23.9. The number of rotatable bonds is 4. The van der Waals surface area contributed by atoms with Gasteiger partial charge in [0.1, 0.15) is 11.5 Å². The number of ether oxygens (including phenoxy) is 1. The van der Waals surface area contributed by atoms with E-state index in [1.807, 2.05) is 0 Å². The highest BCUT2D eigenvalue weighted by Crippen LogP contribution is 2.63. The lowest BCUT2D eigenvalue weighted by molar-refractivity contribution is 0.436. The van der Waals surface area contributed by atoms with Crippen LogP contribution < -0.4 is 9.64 Å². The molecule has 1 aliphatic heterocycles. The van der Waals surface area contributed by atoms with E-state index in [0.29, 0.717) is 0 Å². The van der Waals surface area contributed by atoms with Gasteiger partial charge in [0.2, 0.25) is 0 Å². The van der Waals surface area contributed by atoms with Crippen LogP contribution in [-0.2, 0) is 21.7 Å². The second-order valence-electron chi connectivity index (χ2n) is 21.3. The average molecular weight is 864 g/mol. The third-order valence-corrected chi connectivity index (χ3v) is 15.9. The van der Waals surface area contributed by atoms with E-state index in [-0.39, 0.29) is 16.2 Å². The largest absolute Gasteiger partial charge is 0.457 e. The maximum absolute atomic E-state index is 6.90. The van der Waals surface area contributed by atoms with Gasteiger partial charge in [0.15, 0.2) is 0 Å². The van der Waals surface area contributed by atoms with E-state index in [1.54, 1.807) is 0 Å². The van der Waals surface area contributed by atoms with Crippen molar-refractivity contribution >= 4 is 17.1 Å². The Bertz CT molecular complexity index is 3510. The average Bonchev–Trinajstić information content (AvgIpc) is 3.86. The van der Waals surface area contributed by atoms with Gasteiger partial charge in [0.25, 0.3) is 0 Å². The highest BCUT2D eigenvalue weighted by atomic mass is 16.5. The van der Waals surface area contributed by atoms with Crippen LogP contribution in [0.25, 0.3) is 44.5 Å². The first kappa shape index (κ1) is 39.9. The molecule has 0 aromatic heterocycles. The normalized spacial score (nSPS) is 15.6. The standard InChI is InChI=1S/C65H53NO/c1-62(2,3)42-35-41(40-31-34-60-57(37-40)65(54-27-16-17-30-59(54)67-60)52-25-14-9-20-46(52)47-21-10-15-26-53(47)65)36-44(38-42)66(43-32-33-48-45-19-8-12-23-50(45)64(6,7)56(48)39-43)58-29-18-28-55-61(58)49-22-11-13-24-51(49)63(55,4)5/h8-39H,1-7H3. The lowest BCUT2D eigenvalue weighted by Crippen LogP contribution is -2.32. The van der Waals surface area contributed by atoms with Crippen LogP contribution in [0.1, 0.15) is 98.5 Å². The molecule has 1 heterocycles. The van der Waals surface area contributed by atoms with E-state index in [1.165, 1.54) is 94.7 Å². The van der Waals surface area contributed by atoms with Gasteiger partial charge in [0.05, 0.1) is 11.1 Å². The summed E-state index contributed by atoms with van der Waals surface area (Å²) in [6, 6.07) is 73.1.